The van der Waals surface area contributed by atoms with Crippen LogP contribution in [-0.4, -0.2) is 0 Å². The minimum atomic E-state index is 1.05. The van der Waals surface area contributed by atoms with Gasteiger partial charge in [-0.2, -0.15) is 0 Å². The van der Waals surface area contributed by atoms with Crippen LogP contribution < -0.4 is 9.80 Å². The summed E-state index contributed by atoms with van der Waals surface area (Å²) in [6.07, 6.45) is 0. The number of rotatable bonds is 2. The van der Waals surface area contributed by atoms with Gasteiger partial charge in [-0.05, 0) is 66.7 Å². The highest BCUT2D eigenvalue weighted by atomic mass is 79.9. The number of halogens is 1. The second-order valence-electron chi connectivity index (χ2n) is 8.41. The quantitative estimate of drug-likeness (QED) is 0.211. The Balaban J connectivity index is 1.45. The molecule has 168 valence electrons. The maximum absolute atomic E-state index is 3.84. The van der Waals surface area contributed by atoms with E-state index in [1.165, 1.54) is 42.3 Å². The van der Waals surface area contributed by atoms with E-state index in [0.29, 0.717) is 0 Å². The Hall–Kier alpha value is -3.12. The second kappa shape index (κ2) is 8.52. The number of benzene rings is 5. The lowest BCUT2D eigenvalue weighted by Gasteiger charge is -2.35. The molecule has 7 rings (SSSR count). The predicted molar refractivity (Wildman–Crippen MR) is 152 cm³/mol. The molecule has 5 heteroatoms. The fourth-order valence-electron chi connectivity index (χ4n) is 4.78. The molecule has 0 spiro atoms. The van der Waals surface area contributed by atoms with Crippen LogP contribution in [0.15, 0.2) is 139 Å². The zero-order chi connectivity index (χ0) is 23.4. The fourth-order valence-corrected chi connectivity index (χ4v) is 7.37. The first-order chi connectivity index (χ1) is 17.3. The van der Waals surface area contributed by atoms with E-state index in [1.807, 2.05) is 23.5 Å². The van der Waals surface area contributed by atoms with Crippen LogP contribution in [0.1, 0.15) is 0 Å². The van der Waals surface area contributed by atoms with Crippen LogP contribution in [0, 0.1) is 0 Å². The Labute approximate surface area is 221 Å². The Bertz CT molecular complexity index is 1390. The highest BCUT2D eigenvalue weighted by Crippen LogP contribution is 2.54. The van der Waals surface area contributed by atoms with Gasteiger partial charge in [0.1, 0.15) is 0 Å². The average Bonchev–Trinajstić information content (AvgIpc) is 2.90. The molecule has 0 aliphatic carbocycles. The molecule has 0 N–H and O–H groups in total. The average molecular weight is 552 g/mol. The van der Waals surface area contributed by atoms with Gasteiger partial charge in [-0.25, -0.2) is 0 Å². The minimum absolute atomic E-state index is 1.05. The van der Waals surface area contributed by atoms with Crippen LogP contribution in [0.5, 0.6) is 0 Å². The summed E-state index contributed by atoms with van der Waals surface area (Å²) in [6.45, 7) is 0. The fraction of sp³-hybridized carbons (Fsp3) is 0. The van der Waals surface area contributed by atoms with Crippen molar-refractivity contribution >= 4 is 73.6 Å². The molecule has 0 saturated heterocycles. The third kappa shape index (κ3) is 3.57. The third-order valence-electron chi connectivity index (χ3n) is 6.25. The van der Waals surface area contributed by atoms with Crippen LogP contribution in [-0.2, 0) is 0 Å². The van der Waals surface area contributed by atoms with Gasteiger partial charge in [0.05, 0.1) is 22.7 Å². The van der Waals surface area contributed by atoms with Gasteiger partial charge < -0.3 is 9.80 Å². The SMILES string of the molecule is Brc1cc(N2c3ccccc3Sc3ccccc32)cc(N2c3ccccc3Sc3ccccc32)c1. The van der Waals surface area contributed by atoms with Crippen molar-refractivity contribution in [2.45, 2.75) is 19.6 Å². The molecule has 0 atom stereocenters. The first kappa shape index (κ1) is 21.2. The monoisotopic (exact) mass is 550 g/mol. The zero-order valence-electron chi connectivity index (χ0n) is 18.6. The van der Waals surface area contributed by atoms with E-state index in [9.17, 15) is 0 Å². The zero-order valence-corrected chi connectivity index (χ0v) is 21.8. The van der Waals surface area contributed by atoms with Crippen LogP contribution >= 0.6 is 39.5 Å². The minimum Gasteiger partial charge on any atom is -0.308 e. The summed E-state index contributed by atoms with van der Waals surface area (Å²) in [4.78, 5) is 9.81. The molecule has 2 aliphatic heterocycles. The lowest BCUT2D eigenvalue weighted by atomic mass is 10.1. The van der Waals surface area contributed by atoms with Crippen molar-refractivity contribution in [3.05, 3.63) is 120 Å². The maximum Gasteiger partial charge on any atom is 0.0601 e. The summed E-state index contributed by atoms with van der Waals surface area (Å²) >= 11 is 7.51. The van der Waals surface area contributed by atoms with Crippen molar-refractivity contribution in [1.29, 1.82) is 0 Å². The maximum atomic E-state index is 3.84. The third-order valence-corrected chi connectivity index (χ3v) is 8.97. The molecule has 2 heterocycles. The number of hydrogen-bond donors (Lipinski definition) is 0. The van der Waals surface area contributed by atoms with Gasteiger partial charge in [0.15, 0.2) is 0 Å². The highest BCUT2D eigenvalue weighted by Gasteiger charge is 2.28. The van der Waals surface area contributed by atoms with E-state index in [4.69, 9.17) is 0 Å². The van der Waals surface area contributed by atoms with Crippen LogP contribution in [0.2, 0.25) is 0 Å². The molecule has 0 unspecified atom stereocenters. The van der Waals surface area contributed by atoms with Gasteiger partial charge in [0.25, 0.3) is 0 Å². The molecule has 0 bridgehead atoms. The normalized spacial score (nSPS) is 13.5. The molecule has 5 aromatic rings. The van der Waals surface area contributed by atoms with E-state index >= 15 is 0 Å². The number of para-hydroxylation sites is 4. The highest BCUT2D eigenvalue weighted by molar-refractivity contribution is 9.10. The molecule has 0 fully saturated rings. The van der Waals surface area contributed by atoms with Gasteiger partial charge in [-0.1, -0.05) is 88.0 Å². The molecule has 0 amide bonds. The Morgan fingerprint density at radius 1 is 0.429 bits per heavy atom. The van der Waals surface area contributed by atoms with Crippen LogP contribution in [0.25, 0.3) is 0 Å². The van der Waals surface area contributed by atoms with Gasteiger partial charge in [0, 0.05) is 35.4 Å². The van der Waals surface area contributed by atoms with Crippen molar-refractivity contribution in [3.8, 4) is 0 Å². The van der Waals surface area contributed by atoms with Crippen molar-refractivity contribution in [2.75, 3.05) is 9.80 Å². The molecule has 2 nitrogen and oxygen atoms in total. The molecule has 5 aromatic carbocycles. The first-order valence-electron chi connectivity index (χ1n) is 11.4. The topological polar surface area (TPSA) is 6.48 Å². The van der Waals surface area contributed by atoms with Crippen molar-refractivity contribution in [3.63, 3.8) is 0 Å². The number of nitrogens with zero attached hydrogens (tertiary/aromatic N) is 2. The van der Waals surface area contributed by atoms with E-state index < -0.39 is 0 Å². The van der Waals surface area contributed by atoms with Gasteiger partial charge in [0.2, 0.25) is 0 Å². The molecular formula is C30H19BrN2S2. The van der Waals surface area contributed by atoms with Crippen molar-refractivity contribution in [1.82, 2.24) is 0 Å². The molecule has 0 radical (unpaired) electrons. The Kier molecular flexibility index (Phi) is 5.16. The molecule has 35 heavy (non-hydrogen) atoms. The Morgan fingerprint density at radius 3 is 1.09 bits per heavy atom. The van der Waals surface area contributed by atoms with Crippen LogP contribution in [0.4, 0.5) is 34.1 Å². The van der Waals surface area contributed by atoms with E-state index in [1.54, 1.807) is 0 Å². The lowest BCUT2D eigenvalue weighted by molar-refractivity contribution is 1.14. The summed E-state index contributed by atoms with van der Waals surface area (Å²) in [5.74, 6) is 0. The molecule has 2 aliphatic rings. The molecule has 0 saturated carbocycles. The lowest BCUT2D eigenvalue weighted by Crippen LogP contribution is -2.17. The second-order valence-corrected chi connectivity index (χ2v) is 11.5. The molecule has 0 aromatic heterocycles. The molecular weight excluding hydrogens is 532 g/mol. The van der Waals surface area contributed by atoms with E-state index in [0.717, 1.165) is 15.8 Å². The number of anilines is 6. The number of hydrogen-bond acceptors (Lipinski definition) is 4. The number of fused-ring (bicyclic) bond motifs is 4. The largest absolute Gasteiger partial charge is 0.308 e. The van der Waals surface area contributed by atoms with Crippen molar-refractivity contribution in [2.24, 2.45) is 0 Å². The summed E-state index contributed by atoms with van der Waals surface area (Å²) in [5.41, 5.74) is 7.07. The van der Waals surface area contributed by atoms with Gasteiger partial charge in [-0.3, -0.25) is 0 Å². The van der Waals surface area contributed by atoms with Crippen molar-refractivity contribution < 1.29 is 0 Å². The summed E-state index contributed by atoms with van der Waals surface area (Å²) in [7, 11) is 0. The van der Waals surface area contributed by atoms with E-state index in [2.05, 4.69) is 141 Å². The smallest absolute Gasteiger partial charge is 0.0601 e. The standard InChI is InChI=1S/C30H19BrN2S2/c31-20-17-21(32-23-9-1-5-13-27(23)34-28-14-6-2-10-24(28)32)19-22(18-20)33-25-11-3-7-15-29(25)35-30-16-8-4-12-26(30)33/h1-19H. The first-order valence-corrected chi connectivity index (χ1v) is 13.8. The summed E-state index contributed by atoms with van der Waals surface area (Å²) in [6, 6.07) is 41.3. The summed E-state index contributed by atoms with van der Waals surface area (Å²) < 4.78 is 1.05. The Morgan fingerprint density at radius 2 is 0.743 bits per heavy atom. The summed E-state index contributed by atoms with van der Waals surface area (Å²) in [5, 5.41) is 0. The predicted octanol–water partition coefficient (Wildman–Crippen LogP) is 10.3. The van der Waals surface area contributed by atoms with Crippen LogP contribution in [0.3, 0.4) is 0 Å². The van der Waals surface area contributed by atoms with Gasteiger partial charge in [-0.15, -0.1) is 0 Å². The van der Waals surface area contributed by atoms with E-state index in [-0.39, 0.29) is 0 Å². The van der Waals surface area contributed by atoms with Gasteiger partial charge >= 0.3 is 0 Å².